The lowest BCUT2D eigenvalue weighted by Crippen LogP contribution is -2.15. The van der Waals surface area contributed by atoms with Crippen molar-refractivity contribution in [2.75, 3.05) is 17.7 Å². The van der Waals surface area contributed by atoms with E-state index in [0.29, 0.717) is 16.4 Å². The molecular formula is C15H16ClN3O. The van der Waals surface area contributed by atoms with Crippen LogP contribution in [0.1, 0.15) is 21.5 Å². The highest BCUT2D eigenvalue weighted by Gasteiger charge is 2.14. The lowest BCUT2D eigenvalue weighted by atomic mass is 10.1. The standard InChI is InChI=1S/C15H16ClN3O/c1-9-5-4-6-10(2)14(9)19-15(20)11-7-13(17-3)18-8-12(11)16/h4-8H,1-3H3,(H,17,18)(H,19,20). The van der Waals surface area contributed by atoms with Crippen LogP contribution in [0.4, 0.5) is 11.5 Å². The highest BCUT2D eigenvalue weighted by atomic mass is 35.5. The van der Waals surface area contributed by atoms with Crippen LogP contribution in [0, 0.1) is 13.8 Å². The van der Waals surface area contributed by atoms with E-state index in [-0.39, 0.29) is 5.91 Å². The number of halogens is 1. The van der Waals surface area contributed by atoms with Crippen molar-refractivity contribution in [2.24, 2.45) is 0 Å². The van der Waals surface area contributed by atoms with Crippen LogP contribution in [-0.4, -0.2) is 17.9 Å². The summed E-state index contributed by atoms with van der Waals surface area (Å²) in [5.74, 6) is 0.354. The van der Waals surface area contributed by atoms with Gasteiger partial charge in [0.2, 0.25) is 0 Å². The first-order valence-corrected chi connectivity index (χ1v) is 6.61. The molecule has 0 aliphatic carbocycles. The number of carbonyl (C=O) groups excluding carboxylic acids is 1. The Morgan fingerprint density at radius 3 is 2.50 bits per heavy atom. The van der Waals surface area contributed by atoms with E-state index in [2.05, 4.69) is 15.6 Å². The summed E-state index contributed by atoms with van der Waals surface area (Å²) in [5.41, 5.74) is 3.24. The molecule has 1 aromatic carbocycles. The molecule has 0 saturated heterocycles. The van der Waals surface area contributed by atoms with E-state index in [1.165, 1.54) is 6.20 Å². The Kier molecular flexibility index (Phi) is 4.25. The van der Waals surface area contributed by atoms with Crippen LogP contribution in [0.25, 0.3) is 0 Å². The van der Waals surface area contributed by atoms with Gasteiger partial charge in [-0.1, -0.05) is 29.8 Å². The van der Waals surface area contributed by atoms with Gasteiger partial charge in [0, 0.05) is 18.9 Å². The molecule has 1 amide bonds. The molecule has 0 unspecified atom stereocenters. The van der Waals surface area contributed by atoms with Crippen molar-refractivity contribution in [3.05, 3.63) is 52.2 Å². The summed E-state index contributed by atoms with van der Waals surface area (Å²) < 4.78 is 0. The van der Waals surface area contributed by atoms with Crippen molar-refractivity contribution in [1.29, 1.82) is 0 Å². The van der Waals surface area contributed by atoms with E-state index in [1.54, 1.807) is 13.1 Å². The summed E-state index contributed by atoms with van der Waals surface area (Å²) in [6, 6.07) is 7.50. The second-order valence-electron chi connectivity index (χ2n) is 4.52. The molecule has 1 heterocycles. The molecule has 0 saturated carbocycles. The van der Waals surface area contributed by atoms with Gasteiger partial charge in [0.1, 0.15) is 5.82 Å². The molecule has 0 bridgehead atoms. The number of benzene rings is 1. The van der Waals surface area contributed by atoms with Gasteiger partial charge in [-0.05, 0) is 31.0 Å². The molecule has 2 aromatic rings. The van der Waals surface area contributed by atoms with Crippen molar-refractivity contribution < 1.29 is 4.79 Å². The van der Waals surface area contributed by atoms with Gasteiger partial charge in [-0.3, -0.25) is 4.79 Å². The summed E-state index contributed by atoms with van der Waals surface area (Å²) in [4.78, 5) is 16.4. The van der Waals surface area contributed by atoms with Crippen molar-refractivity contribution in [3.8, 4) is 0 Å². The molecule has 104 valence electrons. The number of amides is 1. The number of aryl methyl sites for hydroxylation is 2. The topological polar surface area (TPSA) is 54.0 Å². The fraction of sp³-hybridized carbons (Fsp3) is 0.200. The Balaban J connectivity index is 2.33. The molecule has 1 aromatic heterocycles. The van der Waals surface area contributed by atoms with Crippen LogP contribution in [0.2, 0.25) is 5.02 Å². The molecular weight excluding hydrogens is 274 g/mol. The van der Waals surface area contributed by atoms with Crippen LogP contribution in [-0.2, 0) is 0 Å². The van der Waals surface area contributed by atoms with Gasteiger partial charge in [-0.25, -0.2) is 4.98 Å². The number of aromatic nitrogens is 1. The minimum absolute atomic E-state index is 0.244. The molecule has 2 N–H and O–H groups in total. The van der Waals surface area contributed by atoms with Crippen LogP contribution in [0.3, 0.4) is 0 Å². The van der Waals surface area contributed by atoms with E-state index in [4.69, 9.17) is 11.6 Å². The number of nitrogens with zero attached hydrogens (tertiary/aromatic N) is 1. The number of pyridine rings is 1. The summed E-state index contributed by atoms with van der Waals surface area (Å²) >= 11 is 6.04. The number of para-hydroxylation sites is 1. The monoisotopic (exact) mass is 289 g/mol. The second kappa shape index (κ2) is 5.92. The molecule has 0 atom stereocenters. The maximum absolute atomic E-state index is 12.4. The molecule has 2 rings (SSSR count). The van der Waals surface area contributed by atoms with E-state index in [0.717, 1.165) is 16.8 Å². The minimum atomic E-state index is -0.244. The molecule has 0 aliphatic rings. The number of carbonyl (C=O) groups is 1. The van der Waals surface area contributed by atoms with Crippen molar-refractivity contribution in [3.63, 3.8) is 0 Å². The second-order valence-corrected chi connectivity index (χ2v) is 4.93. The highest BCUT2D eigenvalue weighted by molar-refractivity contribution is 6.34. The number of nitrogens with one attached hydrogen (secondary N) is 2. The summed E-state index contributed by atoms with van der Waals surface area (Å²) in [7, 11) is 1.74. The number of rotatable bonds is 3. The average Bonchev–Trinajstić information content (AvgIpc) is 2.43. The van der Waals surface area contributed by atoms with Crippen LogP contribution in [0.5, 0.6) is 0 Å². The van der Waals surface area contributed by atoms with Crippen LogP contribution in [0.15, 0.2) is 30.5 Å². The molecule has 20 heavy (non-hydrogen) atoms. The van der Waals surface area contributed by atoms with Crippen LogP contribution < -0.4 is 10.6 Å². The minimum Gasteiger partial charge on any atom is -0.373 e. The quantitative estimate of drug-likeness (QED) is 0.907. The van der Waals surface area contributed by atoms with Crippen molar-refractivity contribution in [1.82, 2.24) is 4.98 Å². The maximum Gasteiger partial charge on any atom is 0.257 e. The smallest absolute Gasteiger partial charge is 0.257 e. The van der Waals surface area contributed by atoms with Crippen molar-refractivity contribution >= 4 is 29.0 Å². The molecule has 0 fully saturated rings. The van der Waals surface area contributed by atoms with Gasteiger partial charge in [0.15, 0.2) is 0 Å². The van der Waals surface area contributed by atoms with E-state index in [9.17, 15) is 4.79 Å². The summed E-state index contributed by atoms with van der Waals surface area (Å²) in [5, 5.41) is 6.12. The zero-order valence-electron chi connectivity index (χ0n) is 11.6. The normalized spacial score (nSPS) is 10.2. The van der Waals surface area contributed by atoms with Crippen LogP contribution >= 0.6 is 11.6 Å². The zero-order chi connectivity index (χ0) is 14.7. The predicted octanol–water partition coefficient (Wildman–Crippen LogP) is 3.65. The third kappa shape index (κ3) is 2.91. The maximum atomic E-state index is 12.4. The molecule has 0 aliphatic heterocycles. The van der Waals surface area contributed by atoms with Gasteiger partial charge in [-0.15, -0.1) is 0 Å². The molecule has 5 heteroatoms. The molecule has 0 spiro atoms. The number of anilines is 2. The van der Waals surface area contributed by atoms with E-state index >= 15 is 0 Å². The number of hydrogen-bond acceptors (Lipinski definition) is 3. The first-order chi connectivity index (χ1) is 9.52. The predicted molar refractivity (Wildman–Crippen MR) is 82.7 cm³/mol. The lowest BCUT2D eigenvalue weighted by Gasteiger charge is -2.12. The van der Waals surface area contributed by atoms with E-state index in [1.807, 2.05) is 32.0 Å². The Labute approximate surface area is 123 Å². The fourth-order valence-electron chi connectivity index (χ4n) is 1.94. The largest absolute Gasteiger partial charge is 0.373 e. The number of hydrogen-bond donors (Lipinski definition) is 2. The Hall–Kier alpha value is -2.07. The highest BCUT2D eigenvalue weighted by Crippen LogP contribution is 2.23. The summed E-state index contributed by atoms with van der Waals surface area (Å²) in [6.45, 7) is 3.91. The van der Waals surface area contributed by atoms with Crippen molar-refractivity contribution in [2.45, 2.75) is 13.8 Å². The van der Waals surface area contributed by atoms with Gasteiger partial charge >= 0.3 is 0 Å². The third-order valence-corrected chi connectivity index (χ3v) is 3.38. The first-order valence-electron chi connectivity index (χ1n) is 6.23. The summed E-state index contributed by atoms with van der Waals surface area (Å²) in [6.07, 6.45) is 1.47. The van der Waals surface area contributed by atoms with E-state index < -0.39 is 0 Å². The Bertz CT molecular complexity index is 635. The molecule has 0 radical (unpaired) electrons. The Morgan fingerprint density at radius 2 is 1.90 bits per heavy atom. The SMILES string of the molecule is CNc1cc(C(=O)Nc2c(C)cccc2C)c(Cl)cn1. The third-order valence-electron chi connectivity index (χ3n) is 3.08. The zero-order valence-corrected chi connectivity index (χ0v) is 12.4. The Morgan fingerprint density at radius 1 is 1.25 bits per heavy atom. The average molecular weight is 290 g/mol. The lowest BCUT2D eigenvalue weighted by molar-refractivity contribution is 0.102. The van der Waals surface area contributed by atoms with Gasteiger partial charge in [0.25, 0.3) is 5.91 Å². The van der Waals surface area contributed by atoms with Gasteiger partial charge in [0.05, 0.1) is 10.6 Å². The van der Waals surface area contributed by atoms with Gasteiger partial charge in [-0.2, -0.15) is 0 Å². The van der Waals surface area contributed by atoms with Gasteiger partial charge < -0.3 is 10.6 Å². The fourth-order valence-corrected chi connectivity index (χ4v) is 2.13. The first kappa shape index (κ1) is 14.3. The molecule has 4 nitrogen and oxygen atoms in total.